The summed E-state index contributed by atoms with van der Waals surface area (Å²) < 4.78 is 0.828. The first-order chi connectivity index (χ1) is 8.58. The third-order valence-corrected chi connectivity index (χ3v) is 4.35. The molecule has 0 unspecified atom stereocenters. The predicted octanol–water partition coefficient (Wildman–Crippen LogP) is 5.46. The average molecular weight is 342 g/mol. The monoisotopic (exact) mass is 340 g/mol. The van der Waals surface area contributed by atoms with Gasteiger partial charge in [-0.25, -0.2) is 0 Å². The third kappa shape index (κ3) is 3.16. The fourth-order valence-corrected chi connectivity index (χ4v) is 3.49. The Morgan fingerprint density at radius 3 is 2.44 bits per heavy atom. The van der Waals surface area contributed by atoms with Crippen LogP contribution in [0.1, 0.15) is 17.3 Å². The lowest BCUT2D eigenvalue weighted by molar-refractivity contribution is 0.101. The summed E-state index contributed by atoms with van der Waals surface area (Å²) in [4.78, 5) is 13.7. The fourth-order valence-electron chi connectivity index (χ4n) is 1.56. The molecule has 0 aromatic heterocycles. The maximum absolute atomic E-state index is 11.7. The van der Waals surface area contributed by atoms with E-state index in [0.29, 0.717) is 5.02 Å². The van der Waals surface area contributed by atoms with Gasteiger partial charge in [-0.05, 0) is 43.3 Å². The zero-order valence-corrected chi connectivity index (χ0v) is 12.8. The van der Waals surface area contributed by atoms with Gasteiger partial charge in [0.15, 0.2) is 5.78 Å². The van der Waals surface area contributed by atoms with E-state index in [1.54, 1.807) is 18.7 Å². The normalized spacial score (nSPS) is 10.4. The van der Waals surface area contributed by atoms with E-state index in [0.717, 1.165) is 19.8 Å². The number of carbonyl (C=O) groups is 1. The molecule has 0 amide bonds. The second-order valence-electron chi connectivity index (χ2n) is 3.73. The van der Waals surface area contributed by atoms with Crippen LogP contribution in [-0.2, 0) is 0 Å². The summed E-state index contributed by atoms with van der Waals surface area (Å²) in [5, 5.41) is 0.709. The summed E-state index contributed by atoms with van der Waals surface area (Å²) in [5.74, 6) is 0.0546. The van der Waals surface area contributed by atoms with E-state index in [1.165, 1.54) is 0 Å². The van der Waals surface area contributed by atoms with Gasteiger partial charge in [0, 0.05) is 24.8 Å². The number of ketones is 1. The van der Waals surface area contributed by atoms with Crippen molar-refractivity contribution in [3.8, 4) is 0 Å². The predicted molar refractivity (Wildman–Crippen MR) is 79.7 cm³/mol. The molecule has 2 aromatic rings. The summed E-state index contributed by atoms with van der Waals surface area (Å²) in [5.41, 5.74) is 0.720. The molecule has 0 atom stereocenters. The van der Waals surface area contributed by atoms with Gasteiger partial charge in [-0.2, -0.15) is 0 Å². The van der Waals surface area contributed by atoms with Crippen LogP contribution in [0.5, 0.6) is 0 Å². The minimum atomic E-state index is 0.0546. The van der Waals surface area contributed by atoms with Gasteiger partial charge in [0.2, 0.25) is 0 Å². The number of benzene rings is 2. The van der Waals surface area contributed by atoms with E-state index in [9.17, 15) is 4.79 Å². The van der Waals surface area contributed by atoms with Crippen LogP contribution in [0.3, 0.4) is 0 Å². The quantitative estimate of drug-likeness (QED) is 0.690. The summed E-state index contributed by atoms with van der Waals surface area (Å²) in [7, 11) is 0. The number of Topliss-reactive ketones (excluding diaryl/α,β-unsaturated/α-hetero) is 1. The molecular formula is C14H10BrClOS. The molecule has 0 fully saturated rings. The first kappa shape index (κ1) is 13.7. The molecular weight excluding hydrogens is 332 g/mol. The fraction of sp³-hybridized carbons (Fsp3) is 0.0714. The van der Waals surface area contributed by atoms with Crippen LogP contribution in [0.25, 0.3) is 0 Å². The van der Waals surface area contributed by atoms with Crippen LogP contribution in [0.15, 0.2) is 56.7 Å². The molecule has 0 N–H and O–H groups in total. The molecule has 0 spiro atoms. The summed E-state index contributed by atoms with van der Waals surface area (Å²) >= 11 is 10.8. The summed E-state index contributed by atoms with van der Waals surface area (Å²) in [6.45, 7) is 1.58. The van der Waals surface area contributed by atoms with E-state index in [1.807, 2.05) is 42.5 Å². The Kier molecular flexibility index (Phi) is 4.49. The van der Waals surface area contributed by atoms with Gasteiger partial charge < -0.3 is 0 Å². The molecule has 92 valence electrons. The molecule has 0 radical (unpaired) electrons. The molecule has 0 saturated heterocycles. The van der Waals surface area contributed by atoms with Crippen LogP contribution < -0.4 is 0 Å². The Labute approximate surface area is 124 Å². The van der Waals surface area contributed by atoms with Gasteiger partial charge in [0.05, 0.1) is 0 Å². The minimum absolute atomic E-state index is 0.0546. The Bertz CT molecular complexity index is 581. The maximum atomic E-state index is 11.7. The lowest BCUT2D eigenvalue weighted by Crippen LogP contribution is -1.96. The van der Waals surface area contributed by atoms with Crippen molar-refractivity contribution < 1.29 is 4.79 Å². The van der Waals surface area contributed by atoms with Crippen LogP contribution >= 0.6 is 39.3 Å². The van der Waals surface area contributed by atoms with E-state index >= 15 is 0 Å². The van der Waals surface area contributed by atoms with E-state index in [4.69, 9.17) is 11.6 Å². The van der Waals surface area contributed by atoms with Crippen molar-refractivity contribution in [2.75, 3.05) is 0 Å². The van der Waals surface area contributed by atoms with Crippen molar-refractivity contribution in [1.29, 1.82) is 0 Å². The first-order valence-corrected chi connectivity index (χ1v) is 7.29. The Morgan fingerprint density at radius 2 is 1.83 bits per heavy atom. The van der Waals surface area contributed by atoms with Crippen LogP contribution in [0.2, 0.25) is 5.02 Å². The minimum Gasteiger partial charge on any atom is -0.294 e. The largest absolute Gasteiger partial charge is 0.294 e. The standard InChI is InChI=1S/C14H10BrClOS/c1-9(17)14-12(15)3-2-4-13(14)18-11-7-5-10(16)6-8-11/h2-8H,1H3. The topological polar surface area (TPSA) is 17.1 Å². The Morgan fingerprint density at radius 1 is 1.17 bits per heavy atom. The zero-order chi connectivity index (χ0) is 13.1. The number of hydrogen-bond donors (Lipinski definition) is 0. The van der Waals surface area contributed by atoms with Gasteiger partial charge >= 0.3 is 0 Å². The first-order valence-electron chi connectivity index (χ1n) is 5.31. The molecule has 0 aliphatic carbocycles. The number of carbonyl (C=O) groups excluding carboxylic acids is 1. The molecule has 0 bridgehead atoms. The molecule has 0 heterocycles. The lowest BCUT2D eigenvalue weighted by atomic mass is 10.1. The molecule has 1 nitrogen and oxygen atoms in total. The average Bonchev–Trinajstić information content (AvgIpc) is 2.32. The Balaban J connectivity index is 2.37. The van der Waals surface area contributed by atoms with Gasteiger partial charge in [-0.3, -0.25) is 4.79 Å². The molecule has 18 heavy (non-hydrogen) atoms. The van der Waals surface area contributed by atoms with Gasteiger partial charge in [0.1, 0.15) is 0 Å². The van der Waals surface area contributed by atoms with Crippen LogP contribution in [0, 0.1) is 0 Å². The van der Waals surface area contributed by atoms with E-state index in [2.05, 4.69) is 15.9 Å². The highest BCUT2D eigenvalue weighted by molar-refractivity contribution is 9.10. The van der Waals surface area contributed by atoms with Crippen molar-refractivity contribution in [2.45, 2.75) is 16.7 Å². The van der Waals surface area contributed by atoms with E-state index < -0.39 is 0 Å². The highest BCUT2D eigenvalue weighted by atomic mass is 79.9. The van der Waals surface area contributed by atoms with E-state index in [-0.39, 0.29) is 5.78 Å². The molecule has 2 aromatic carbocycles. The smallest absolute Gasteiger partial charge is 0.162 e. The van der Waals surface area contributed by atoms with Crippen molar-refractivity contribution >= 4 is 45.1 Å². The maximum Gasteiger partial charge on any atom is 0.162 e. The zero-order valence-electron chi connectivity index (χ0n) is 9.61. The van der Waals surface area contributed by atoms with Crippen molar-refractivity contribution in [1.82, 2.24) is 0 Å². The second-order valence-corrected chi connectivity index (χ2v) is 6.13. The third-order valence-electron chi connectivity index (χ3n) is 2.37. The van der Waals surface area contributed by atoms with Gasteiger partial charge in [-0.1, -0.05) is 45.4 Å². The lowest BCUT2D eigenvalue weighted by Gasteiger charge is -2.08. The summed E-state index contributed by atoms with van der Waals surface area (Å²) in [6, 6.07) is 13.3. The molecule has 0 aliphatic rings. The highest BCUT2D eigenvalue weighted by Gasteiger charge is 2.12. The van der Waals surface area contributed by atoms with Crippen molar-refractivity contribution in [2.24, 2.45) is 0 Å². The van der Waals surface area contributed by atoms with Crippen LogP contribution in [-0.4, -0.2) is 5.78 Å². The Hall–Kier alpha value is -0.770. The highest BCUT2D eigenvalue weighted by Crippen LogP contribution is 2.34. The number of rotatable bonds is 3. The SMILES string of the molecule is CC(=O)c1c(Br)cccc1Sc1ccc(Cl)cc1. The number of hydrogen-bond acceptors (Lipinski definition) is 2. The van der Waals surface area contributed by atoms with Gasteiger partial charge in [-0.15, -0.1) is 0 Å². The summed E-state index contributed by atoms with van der Waals surface area (Å²) in [6.07, 6.45) is 0. The molecule has 4 heteroatoms. The molecule has 0 saturated carbocycles. The molecule has 2 rings (SSSR count). The van der Waals surface area contributed by atoms with Crippen molar-refractivity contribution in [3.63, 3.8) is 0 Å². The molecule has 0 aliphatic heterocycles. The van der Waals surface area contributed by atoms with Gasteiger partial charge in [0.25, 0.3) is 0 Å². The van der Waals surface area contributed by atoms with Crippen LogP contribution in [0.4, 0.5) is 0 Å². The number of halogens is 2. The van der Waals surface area contributed by atoms with Crippen molar-refractivity contribution in [3.05, 3.63) is 57.5 Å². The second kappa shape index (κ2) is 5.91.